The highest BCUT2D eigenvalue weighted by atomic mass is 16.1. The summed E-state index contributed by atoms with van der Waals surface area (Å²) in [6.07, 6.45) is 10.3. The van der Waals surface area contributed by atoms with Crippen LogP contribution in [-0.2, 0) is 0 Å². The van der Waals surface area contributed by atoms with Crippen molar-refractivity contribution in [1.29, 1.82) is 0 Å². The van der Waals surface area contributed by atoms with E-state index in [1.54, 1.807) is 0 Å². The molecule has 0 aromatic heterocycles. The molecule has 0 saturated heterocycles. The van der Waals surface area contributed by atoms with E-state index in [2.05, 4.69) is 37.3 Å². The molecule has 0 unspecified atom stereocenters. The standard InChI is InChI=1S/C18H20O/c1-2-3-4-5-6-7-15-8-10-17-11-9-16(14-19)13-18(17)12-15/h6-14H,2-5H2,1H3/b7-6+. The Kier molecular flexibility index (Phi) is 4.91. The number of hydrogen-bond acceptors (Lipinski definition) is 1. The molecule has 0 aliphatic rings. The fourth-order valence-electron chi connectivity index (χ4n) is 2.19. The molecule has 0 amide bonds. The minimum absolute atomic E-state index is 0.733. The SMILES string of the molecule is CCCCC/C=C/c1ccc2ccc(C=O)cc2c1. The number of carbonyl (C=O) groups is 1. The summed E-state index contributed by atoms with van der Waals surface area (Å²) in [5.74, 6) is 0. The lowest BCUT2D eigenvalue weighted by atomic mass is 10.0. The molecule has 1 heteroatoms. The van der Waals surface area contributed by atoms with Crippen molar-refractivity contribution < 1.29 is 4.79 Å². The number of benzene rings is 2. The molecule has 0 spiro atoms. The van der Waals surface area contributed by atoms with E-state index in [4.69, 9.17) is 0 Å². The number of rotatable bonds is 6. The molecule has 0 N–H and O–H groups in total. The quantitative estimate of drug-likeness (QED) is 0.507. The Labute approximate surface area is 115 Å². The van der Waals surface area contributed by atoms with Crippen molar-refractivity contribution in [2.24, 2.45) is 0 Å². The minimum atomic E-state index is 0.733. The summed E-state index contributed by atoms with van der Waals surface area (Å²) in [5.41, 5.74) is 1.93. The van der Waals surface area contributed by atoms with Crippen molar-refractivity contribution in [3.8, 4) is 0 Å². The molecule has 0 fully saturated rings. The number of hydrogen-bond donors (Lipinski definition) is 0. The van der Waals surface area contributed by atoms with Gasteiger partial charge in [-0.15, -0.1) is 0 Å². The van der Waals surface area contributed by atoms with Crippen molar-refractivity contribution in [3.63, 3.8) is 0 Å². The zero-order valence-electron chi connectivity index (χ0n) is 11.4. The topological polar surface area (TPSA) is 17.1 Å². The number of allylic oxidation sites excluding steroid dienone is 1. The van der Waals surface area contributed by atoms with E-state index in [0.717, 1.165) is 23.7 Å². The predicted octanol–water partition coefficient (Wildman–Crippen LogP) is 5.25. The van der Waals surface area contributed by atoms with E-state index in [0.29, 0.717) is 0 Å². The first-order valence-electron chi connectivity index (χ1n) is 6.99. The van der Waals surface area contributed by atoms with Crippen LogP contribution < -0.4 is 0 Å². The van der Waals surface area contributed by atoms with Gasteiger partial charge in [-0.2, -0.15) is 0 Å². The Bertz CT molecular complexity index is 581. The lowest BCUT2D eigenvalue weighted by Crippen LogP contribution is -1.81. The van der Waals surface area contributed by atoms with Crippen molar-refractivity contribution >= 4 is 23.1 Å². The van der Waals surface area contributed by atoms with Gasteiger partial charge in [0.05, 0.1) is 0 Å². The molecular formula is C18H20O. The highest BCUT2D eigenvalue weighted by Crippen LogP contribution is 2.18. The van der Waals surface area contributed by atoms with Crippen LogP contribution in [0.25, 0.3) is 16.8 Å². The maximum absolute atomic E-state index is 10.8. The highest BCUT2D eigenvalue weighted by Gasteiger charge is 1.96. The van der Waals surface area contributed by atoms with Crippen molar-refractivity contribution in [1.82, 2.24) is 0 Å². The van der Waals surface area contributed by atoms with E-state index in [9.17, 15) is 4.79 Å². The largest absolute Gasteiger partial charge is 0.298 e. The lowest BCUT2D eigenvalue weighted by molar-refractivity contribution is 0.112. The van der Waals surface area contributed by atoms with E-state index in [-0.39, 0.29) is 0 Å². The van der Waals surface area contributed by atoms with Crippen molar-refractivity contribution in [3.05, 3.63) is 53.6 Å². The van der Waals surface area contributed by atoms with Crippen LogP contribution in [0.2, 0.25) is 0 Å². The van der Waals surface area contributed by atoms with Gasteiger partial charge in [-0.05, 0) is 41.3 Å². The number of fused-ring (bicyclic) bond motifs is 1. The zero-order valence-corrected chi connectivity index (χ0v) is 11.4. The maximum atomic E-state index is 10.8. The number of carbonyl (C=O) groups excluding carboxylic acids is 1. The first-order valence-corrected chi connectivity index (χ1v) is 6.99. The van der Waals surface area contributed by atoms with Gasteiger partial charge in [-0.1, -0.05) is 56.2 Å². The van der Waals surface area contributed by atoms with Gasteiger partial charge >= 0.3 is 0 Å². The molecule has 19 heavy (non-hydrogen) atoms. The molecule has 0 heterocycles. The van der Waals surface area contributed by atoms with Crippen molar-refractivity contribution in [2.45, 2.75) is 32.6 Å². The summed E-state index contributed by atoms with van der Waals surface area (Å²) >= 11 is 0. The van der Waals surface area contributed by atoms with Crippen LogP contribution >= 0.6 is 0 Å². The average Bonchev–Trinajstić information content (AvgIpc) is 2.46. The second-order valence-electron chi connectivity index (χ2n) is 4.88. The van der Waals surface area contributed by atoms with E-state index in [1.165, 1.54) is 30.2 Å². The van der Waals surface area contributed by atoms with Gasteiger partial charge in [-0.3, -0.25) is 4.79 Å². The Morgan fingerprint density at radius 3 is 2.42 bits per heavy atom. The Morgan fingerprint density at radius 2 is 1.68 bits per heavy atom. The summed E-state index contributed by atoms with van der Waals surface area (Å²) in [6, 6.07) is 12.2. The predicted molar refractivity (Wildman–Crippen MR) is 82.5 cm³/mol. The molecule has 1 nitrogen and oxygen atoms in total. The summed E-state index contributed by atoms with van der Waals surface area (Å²) in [7, 11) is 0. The highest BCUT2D eigenvalue weighted by molar-refractivity contribution is 5.90. The van der Waals surface area contributed by atoms with Gasteiger partial charge in [0, 0.05) is 5.56 Å². The Hall–Kier alpha value is -1.89. The summed E-state index contributed by atoms with van der Waals surface area (Å²) in [6.45, 7) is 2.22. The maximum Gasteiger partial charge on any atom is 0.150 e. The van der Waals surface area contributed by atoms with E-state index < -0.39 is 0 Å². The van der Waals surface area contributed by atoms with Gasteiger partial charge in [0.2, 0.25) is 0 Å². The average molecular weight is 252 g/mol. The third-order valence-electron chi connectivity index (χ3n) is 3.31. The van der Waals surface area contributed by atoms with Gasteiger partial charge < -0.3 is 0 Å². The molecule has 0 bridgehead atoms. The van der Waals surface area contributed by atoms with Crippen LogP contribution in [0.3, 0.4) is 0 Å². The van der Waals surface area contributed by atoms with Crippen LogP contribution in [0.5, 0.6) is 0 Å². The molecule has 0 aliphatic carbocycles. The van der Waals surface area contributed by atoms with Gasteiger partial charge in [0.15, 0.2) is 0 Å². The summed E-state index contributed by atoms with van der Waals surface area (Å²) in [5, 5.41) is 2.30. The fraction of sp³-hybridized carbons (Fsp3) is 0.278. The lowest BCUT2D eigenvalue weighted by Gasteiger charge is -2.01. The normalized spacial score (nSPS) is 11.2. The van der Waals surface area contributed by atoms with Crippen LogP contribution in [-0.4, -0.2) is 6.29 Å². The van der Waals surface area contributed by atoms with Gasteiger partial charge in [-0.25, -0.2) is 0 Å². The van der Waals surface area contributed by atoms with Crippen LogP contribution in [0.1, 0.15) is 48.5 Å². The zero-order chi connectivity index (χ0) is 13.5. The molecule has 0 aliphatic heterocycles. The van der Waals surface area contributed by atoms with Crippen LogP contribution in [0, 0.1) is 0 Å². The Morgan fingerprint density at radius 1 is 0.947 bits per heavy atom. The molecule has 0 atom stereocenters. The Balaban J connectivity index is 2.13. The molecule has 2 rings (SSSR count). The van der Waals surface area contributed by atoms with E-state index in [1.807, 2.05) is 18.2 Å². The third-order valence-corrected chi connectivity index (χ3v) is 3.31. The second kappa shape index (κ2) is 6.89. The summed E-state index contributed by atoms with van der Waals surface area (Å²) in [4.78, 5) is 10.8. The van der Waals surface area contributed by atoms with Crippen molar-refractivity contribution in [2.75, 3.05) is 0 Å². The van der Waals surface area contributed by atoms with Crippen LogP contribution in [0.4, 0.5) is 0 Å². The first kappa shape index (κ1) is 13.5. The molecule has 0 radical (unpaired) electrons. The summed E-state index contributed by atoms with van der Waals surface area (Å²) < 4.78 is 0. The van der Waals surface area contributed by atoms with Gasteiger partial charge in [0.25, 0.3) is 0 Å². The molecule has 2 aromatic rings. The smallest absolute Gasteiger partial charge is 0.150 e. The second-order valence-corrected chi connectivity index (χ2v) is 4.88. The van der Waals surface area contributed by atoms with Gasteiger partial charge in [0.1, 0.15) is 6.29 Å². The van der Waals surface area contributed by atoms with Crippen LogP contribution in [0.15, 0.2) is 42.5 Å². The number of unbranched alkanes of at least 4 members (excludes halogenated alkanes) is 3. The van der Waals surface area contributed by atoms with E-state index >= 15 is 0 Å². The third kappa shape index (κ3) is 3.78. The molecule has 98 valence electrons. The minimum Gasteiger partial charge on any atom is -0.298 e. The molecular weight excluding hydrogens is 232 g/mol. The first-order chi connectivity index (χ1) is 9.33. The molecule has 2 aromatic carbocycles. The number of aldehydes is 1. The molecule has 0 saturated carbocycles. The monoisotopic (exact) mass is 252 g/mol. The fourth-order valence-corrected chi connectivity index (χ4v) is 2.19.